The molecule has 5 N–H and O–H groups in total. The van der Waals surface area contributed by atoms with Crippen molar-refractivity contribution in [3.05, 3.63) is 59.2 Å². The summed E-state index contributed by atoms with van der Waals surface area (Å²) in [6.07, 6.45) is 15.3. The summed E-state index contributed by atoms with van der Waals surface area (Å²) >= 11 is 0. The van der Waals surface area contributed by atoms with E-state index in [1.54, 1.807) is 6.07 Å². The van der Waals surface area contributed by atoms with Crippen LogP contribution in [0, 0.1) is 29.7 Å². The molecule has 2 aliphatic heterocycles. The fourth-order valence-electron chi connectivity index (χ4n) is 7.85. The SMILES string of the molecule is CCCCC1OC(CCc2ccc(O)c(OCC[C+]3C=C4C(=N3)CCC3CCCC3C4C(CNC)NCC(C)O)c2)=C[C-]1CO. The Morgan fingerprint density at radius 3 is 2.84 bits per heavy atom. The number of aliphatic imine (C=N–C) groups is 1. The zero-order chi connectivity index (χ0) is 31.8. The van der Waals surface area contributed by atoms with Crippen LogP contribution in [0.15, 0.2) is 46.7 Å². The van der Waals surface area contributed by atoms with Crippen LogP contribution in [0.4, 0.5) is 0 Å². The molecule has 0 bridgehead atoms. The first-order chi connectivity index (χ1) is 21.9. The average molecular weight is 622 g/mol. The molecule has 1 aromatic carbocycles. The summed E-state index contributed by atoms with van der Waals surface area (Å²) in [5.74, 6) is 4.27. The van der Waals surface area contributed by atoms with Gasteiger partial charge < -0.3 is 35.4 Å². The van der Waals surface area contributed by atoms with E-state index in [4.69, 9.17) is 14.5 Å². The third kappa shape index (κ3) is 8.59. The lowest BCUT2D eigenvalue weighted by atomic mass is 9.75. The minimum atomic E-state index is -0.386. The lowest BCUT2D eigenvalue weighted by Gasteiger charge is -2.32. The third-order valence-electron chi connectivity index (χ3n) is 10.1. The average Bonchev–Trinajstić information content (AvgIpc) is 3.75. The van der Waals surface area contributed by atoms with Crippen LogP contribution in [0.25, 0.3) is 0 Å². The van der Waals surface area contributed by atoms with Gasteiger partial charge in [0.2, 0.25) is 0 Å². The number of aliphatic hydroxyl groups excluding tert-OH is 2. The normalized spacial score (nSPS) is 25.6. The van der Waals surface area contributed by atoms with E-state index in [-0.39, 0.29) is 30.6 Å². The van der Waals surface area contributed by atoms with Gasteiger partial charge in [-0.25, -0.2) is 0 Å². The molecular weight excluding hydrogens is 566 g/mol. The number of aromatic hydroxyl groups is 1. The molecule has 0 radical (unpaired) electrons. The highest BCUT2D eigenvalue weighted by Crippen LogP contribution is 2.48. The highest BCUT2D eigenvalue weighted by molar-refractivity contribution is 6.04. The van der Waals surface area contributed by atoms with E-state index >= 15 is 0 Å². The van der Waals surface area contributed by atoms with Crippen molar-refractivity contribution < 1.29 is 24.8 Å². The number of hydrogen-bond donors (Lipinski definition) is 5. The molecule has 0 saturated heterocycles. The topological polar surface area (TPSA) is 116 Å². The molecule has 2 saturated carbocycles. The molecule has 0 spiro atoms. The highest BCUT2D eigenvalue weighted by atomic mass is 16.5. The molecular formula is C37H55N3O5. The van der Waals surface area contributed by atoms with Crippen LogP contribution in [0.2, 0.25) is 0 Å². The van der Waals surface area contributed by atoms with Gasteiger partial charge in [-0.05, 0) is 69.2 Å². The number of aliphatic hydroxyl groups is 2. The highest BCUT2D eigenvalue weighted by Gasteiger charge is 2.49. The fraction of sp³-hybridized carbons (Fsp3) is 0.649. The Kier molecular flexibility index (Phi) is 12.2. The van der Waals surface area contributed by atoms with E-state index in [0.717, 1.165) is 74.3 Å². The number of rotatable bonds is 17. The maximum atomic E-state index is 10.5. The second kappa shape index (κ2) is 16.3. The van der Waals surface area contributed by atoms with Crippen molar-refractivity contribution in [2.75, 3.05) is 33.4 Å². The number of phenols is 1. The monoisotopic (exact) mass is 621 g/mol. The molecule has 0 amide bonds. The lowest BCUT2D eigenvalue weighted by Crippen LogP contribution is -2.49. The van der Waals surface area contributed by atoms with E-state index in [1.807, 2.05) is 32.2 Å². The Hall–Kier alpha value is -2.65. The first kappa shape index (κ1) is 33.7. The quantitative estimate of drug-likeness (QED) is 0.147. The number of nitrogens with one attached hydrogen (secondary N) is 2. The number of likely N-dealkylation sites (N-methyl/N-ethyl adjacent to an activating group) is 1. The molecule has 1 aromatic rings. The molecule has 45 heavy (non-hydrogen) atoms. The predicted octanol–water partition coefficient (Wildman–Crippen LogP) is 5.43. The summed E-state index contributed by atoms with van der Waals surface area (Å²) < 4.78 is 12.3. The minimum absolute atomic E-state index is 0.00641. The number of unbranched alkanes of at least 4 members (excludes halogenated alkanes) is 1. The molecule has 2 fully saturated rings. The van der Waals surface area contributed by atoms with Gasteiger partial charge in [-0.2, -0.15) is 12.0 Å². The number of fused-ring (bicyclic) bond motifs is 2. The summed E-state index contributed by atoms with van der Waals surface area (Å²) in [7, 11) is 2.01. The van der Waals surface area contributed by atoms with Gasteiger partial charge in [0.25, 0.3) is 0 Å². The van der Waals surface area contributed by atoms with Crippen molar-refractivity contribution in [1.29, 1.82) is 0 Å². The summed E-state index contributed by atoms with van der Waals surface area (Å²) in [4.78, 5) is 5.13. The molecule has 8 nitrogen and oxygen atoms in total. The van der Waals surface area contributed by atoms with Gasteiger partial charge in [0.05, 0.1) is 24.5 Å². The summed E-state index contributed by atoms with van der Waals surface area (Å²) in [6.45, 7) is 5.91. The van der Waals surface area contributed by atoms with Gasteiger partial charge in [0.15, 0.2) is 23.3 Å². The minimum Gasteiger partial charge on any atom is -0.592 e. The van der Waals surface area contributed by atoms with Crippen LogP contribution in [0.1, 0.15) is 83.6 Å². The number of hydrogen-bond acceptors (Lipinski definition) is 8. The van der Waals surface area contributed by atoms with Crippen LogP contribution in [0.3, 0.4) is 0 Å². The second-order valence-electron chi connectivity index (χ2n) is 13.5. The molecule has 8 heteroatoms. The standard InChI is InChI=1S/C37H55N3O5/c1-4-5-9-35-27(23-41)19-29(45-35)13-10-25-11-15-34(43)36(18-25)44-17-16-28-20-31-32(40-28)14-12-26-7-6-8-30(26)37(31)33(22-38-3)39-21-24(2)42/h11,15,18-20,24,26,30,33,35,37-39,41-43H,4-10,12-14,16-17,21-23H2,1-3H3. The van der Waals surface area contributed by atoms with Gasteiger partial charge in [0, 0.05) is 38.3 Å². The van der Waals surface area contributed by atoms with Gasteiger partial charge in [0.1, 0.15) is 12.2 Å². The summed E-state index contributed by atoms with van der Waals surface area (Å²) in [6, 6.07) is 6.85. The smallest absolute Gasteiger partial charge is 0.189 e. The first-order valence-corrected chi connectivity index (χ1v) is 17.4. The molecule has 6 atom stereocenters. The number of benzene rings is 1. The van der Waals surface area contributed by atoms with Crippen LogP contribution in [0.5, 0.6) is 11.5 Å². The number of nitrogens with zero attached hydrogens (tertiary/aromatic N) is 1. The number of allylic oxidation sites excluding steroid dienone is 1. The Labute approximate surface area is 270 Å². The Morgan fingerprint density at radius 1 is 1.20 bits per heavy atom. The third-order valence-corrected chi connectivity index (χ3v) is 10.1. The van der Waals surface area contributed by atoms with Crippen molar-refractivity contribution in [1.82, 2.24) is 10.6 Å². The van der Waals surface area contributed by atoms with Gasteiger partial charge >= 0.3 is 0 Å². The molecule has 2 aliphatic carbocycles. The van der Waals surface area contributed by atoms with Crippen molar-refractivity contribution in [2.45, 2.75) is 103 Å². The Morgan fingerprint density at radius 2 is 2.07 bits per heavy atom. The molecule has 248 valence electrons. The van der Waals surface area contributed by atoms with Crippen LogP contribution < -0.4 is 15.4 Å². The maximum absolute atomic E-state index is 10.5. The zero-order valence-electron chi connectivity index (χ0n) is 27.6. The van der Waals surface area contributed by atoms with E-state index in [9.17, 15) is 15.3 Å². The van der Waals surface area contributed by atoms with Crippen LogP contribution >= 0.6 is 0 Å². The Bertz CT molecular complexity index is 1200. The molecule has 4 aliphatic rings. The number of ether oxygens (including phenoxy) is 2. The lowest BCUT2D eigenvalue weighted by molar-refractivity contribution is 0.123. The van der Waals surface area contributed by atoms with E-state index in [1.165, 1.54) is 37.0 Å². The molecule has 5 rings (SSSR count). The van der Waals surface area contributed by atoms with Crippen molar-refractivity contribution in [3.63, 3.8) is 0 Å². The zero-order valence-corrected chi connectivity index (χ0v) is 27.6. The Balaban J connectivity index is 1.19. The number of aryl methyl sites for hydroxylation is 1. The summed E-state index contributed by atoms with van der Waals surface area (Å²) in [5, 5.41) is 37.4. The number of phenolic OH excluding ortho intramolecular Hbond substituents is 1. The fourth-order valence-corrected chi connectivity index (χ4v) is 7.85. The van der Waals surface area contributed by atoms with E-state index in [2.05, 4.69) is 23.6 Å². The summed E-state index contributed by atoms with van der Waals surface area (Å²) in [5.41, 5.74) is 3.68. The van der Waals surface area contributed by atoms with Crippen LogP contribution in [-0.2, 0) is 11.2 Å². The van der Waals surface area contributed by atoms with Crippen molar-refractivity contribution in [3.8, 4) is 11.5 Å². The maximum Gasteiger partial charge on any atom is 0.189 e. The van der Waals surface area contributed by atoms with Gasteiger partial charge in [-0.3, -0.25) is 0 Å². The first-order valence-electron chi connectivity index (χ1n) is 17.4. The second-order valence-corrected chi connectivity index (χ2v) is 13.5. The molecule has 0 aromatic heterocycles. The van der Waals surface area contributed by atoms with Crippen molar-refractivity contribution in [2.24, 2.45) is 22.7 Å². The van der Waals surface area contributed by atoms with Crippen LogP contribution in [-0.4, -0.2) is 72.6 Å². The van der Waals surface area contributed by atoms with E-state index in [0.29, 0.717) is 37.2 Å². The van der Waals surface area contributed by atoms with Gasteiger partial charge in [-0.15, -0.1) is 4.99 Å². The molecule has 2 heterocycles. The van der Waals surface area contributed by atoms with E-state index < -0.39 is 0 Å². The van der Waals surface area contributed by atoms with Gasteiger partial charge in [-0.1, -0.05) is 50.9 Å². The largest absolute Gasteiger partial charge is 0.592 e. The molecule has 6 unspecified atom stereocenters. The van der Waals surface area contributed by atoms with Crippen molar-refractivity contribution >= 4 is 5.71 Å². The predicted molar refractivity (Wildman–Crippen MR) is 179 cm³/mol.